The Bertz CT molecular complexity index is 621. The topological polar surface area (TPSA) is 49.6 Å². The van der Waals surface area contributed by atoms with E-state index in [-0.39, 0.29) is 5.56 Å². The minimum atomic E-state index is -0.0355. The molecule has 0 radical (unpaired) electrons. The van der Waals surface area contributed by atoms with Crippen LogP contribution >= 0.6 is 0 Å². The molecule has 0 saturated carbocycles. The van der Waals surface area contributed by atoms with Crippen LogP contribution in [0.5, 0.6) is 0 Å². The summed E-state index contributed by atoms with van der Waals surface area (Å²) in [7, 11) is 2.10. The highest BCUT2D eigenvalue weighted by atomic mass is 16.1. The van der Waals surface area contributed by atoms with E-state index in [1.54, 1.807) is 16.7 Å². The Balaban J connectivity index is 1.95. The third kappa shape index (κ3) is 3.65. The fraction of sp³-hybridized carbons (Fsp3) is 0.467. The number of likely N-dealkylation sites (N-methyl/N-ethyl adjacent to an activating group) is 1. The first-order valence-corrected chi connectivity index (χ1v) is 6.96. The van der Waals surface area contributed by atoms with Crippen LogP contribution in [0.15, 0.2) is 35.3 Å². The van der Waals surface area contributed by atoms with Gasteiger partial charge in [-0.25, -0.2) is 4.98 Å². The van der Waals surface area contributed by atoms with Crippen LogP contribution in [0.2, 0.25) is 0 Å². The fourth-order valence-corrected chi connectivity index (χ4v) is 1.92. The summed E-state index contributed by atoms with van der Waals surface area (Å²) in [5.41, 5.74) is 1.44. The van der Waals surface area contributed by atoms with Crippen molar-refractivity contribution in [3.05, 3.63) is 46.5 Å². The molecule has 2 aromatic rings. The molecular formula is C15H22N4O. The molecule has 5 heteroatoms. The normalized spacial score (nSPS) is 11.7. The highest BCUT2D eigenvalue weighted by Gasteiger charge is 2.03. The molecule has 0 amide bonds. The Labute approximate surface area is 119 Å². The van der Waals surface area contributed by atoms with Gasteiger partial charge in [-0.1, -0.05) is 6.07 Å². The first-order chi connectivity index (χ1) is 9.58. The Kier molecular flexibility index (Phi) is 4.87. The van der Waals surface area contributed by atoms with E-state index in [9.17, 15) is 4.79 Å². The van der Waals surface area contributed by atoms with Crippen molar-refractivity contribution < 1.29 is 0 Å². The minimum Gasteiger partial charge on any atom is -0.310 e. The molecule has 0 aliphatic rings. The molecule has 0 spiro atoms. The first kappa shape index (κ1) is 14.7. The van der Waals surface area contributed by atoms with Gasteiger partial charge in [0, 0.05) is 37.9 Å². The molecule has 0 atom stereocenters. The zero-order chi connectivity index (χ0) is 14.5. The molecule has 108 valence electrons. The van der Waals surface area contributed by atoms with Gasteiger partial charge < -0.3 is 10.2 Å². The second-order valence-electron chi connectivity index (χ2n) is 5.27. The summed E-state index contributed by atoms with van der Waals surface area (Å²) in [6.45, 7) is 6.82. The third-order valence-electron chi connectivity index (χ3n) is 3.45. The van der Waals surface area contributed by atoms with E-state index in [0.29, 0.717) is 18.2 Å². The first-order valence-electron chi connectivity index (χ1n) is 6.96. The van der Waals surface area contributed by atoms with Gasteiger partial charge in [0.1, 0.15) is 5.65 Å². The average Bonchev–Trinajstić information content (AvgIpc) is 2.43. The third-order valence-corrected chi connectivity index (χ3v) is 3.45. The van der Waals surface area contributed by atoms with E-state index in [2.05, 4.69) is 36.1 Å². The van der Waals surface area contributed by atoms with Gasteiger partial charge in [0.05, 0.1) is 5.69 Å². The monoisotopic (exact) mass is 274 g/mol. The second-order valence-corrected chi connectivity index (χ2v) is 5.27. The maximum atomic E-state index is 11.9. The Hall–Kier alpha value is -1.72. The highest BCUT2D eigenvalue weighted by Crippen LogP contribution is 1.98. The van der Waals surface area contributed by atoms with E-state index < -0.39 is 0 Å². The van der Waals surface area contributed by atoms with Crippen molar-refractivity contribution in [1.29, 1.82) is 0 Å². The molecule has 0 aliphatic heterocycles. The van der Waals surface area contributed by atoms with Crippen molar-refractivity contribution in [2.75, 3.05) is 20.1 Å². The predicted octanol–water partition coefficient (Wildman–Crippen LogP) is 1.12. The molecule has 0 fully saturated rings. The summed E-state index contributed by atoms with van der Waals surface area (Å²) >= 11 is 0. The van der Waals surface area contributed by atoms with Crippen LogP contribution in [-0.4, -0.2) is 40.5 Å². The lowest BCUT2D eigenvalue weighted by molar-refractivity contribution is 0.273. The van der Waals surface area contributed by atoms with Crippen LogP contribution in [0.4, 0.5) is 0 Å². The molecule has 2 aromatic heterocycles. The van der Waals surface area contributed by atoms with Crippen molar-refractivity contribution in [3.8, 4) is 0 Å². The number of fused-ring (bicyclic) bond motifs is 1. The molecule has 0 unspecified atom stereocenters. The van der Waals surface area contributed by atoms with Gasteiger partial charge in [0.15, 0.2) is 0 Å². The molecule has 0 aromatic carbocycles. The van der Waals surface area contributed by atoms with Crippen molar-refractivity contribution in [1.82, 2.24) is 19.6 Å². The zero-order valence-electron chi connectivity index (χ0n) is 12.3. The van der Waals surface area contributed by atoms with Gasteiger partial charge in [-0.3, -0.25) is 9.20 Å². The smallest absolute Gasteiger partial charge is 0.258 e. The summed E-state index contributed by atoms with van der Waals surface area (Å²) in [5, 5.41) is 3.33. The number of hydrogen-bond acceptors (Lipinski definition) is 4. The van der Waals surface area contributed by atoms with Crippen molar-refractivity contribution in [3.63, 3.8) is 0 Å². The van der Waals surface area contributed by atoms with Gasteiger partial charge in [0.25, 0.3) is 5.56 Å². The fourth-order valence-electron chi connectivity index (χ4n) is 1.92. The van der Waals surface area contributed by atoms with Crippen LogP contribution in [0.3, 0.4) is 0 Å². The molecule has 20 heavy (non-hydrogen) atoms. The Morgan fingerprint density at radius 2 is 2.20 bits per heavy atom. The molecule has 0 aliphatic carbocycles. The summed E-state index contributed by atoms with van der Waals surface area (Å²) in [5.74, 6) is 0. The van der Waals surface area contributed by atoms with E-state index in [1.165, 1.54) is 0 Å². The second kappa shape index (κ2) is 6.63. The number of nitrogens with one attached hydrogen (secondary N) is 1. The van der Waals surface area contributed by atoms with E-state index in [0.717, 1.165) is 18.8 Å². The number of pyridine rings is 1. The minimum absolute atomic E-state index is 0.0355. The van der Waals surface area contributed by atoms with Crippen LogP contribution in [0.25, 0.3) is 5.65 Å². The number of rotatable bonds is 6. The summed E-state index contributed by atoms with van der Waals surface area (Å²) < 4.78 is 1.55. The zero-order valence-corrected chi connectivity index (χ0v) is 12.3. The molecular weight excluding hydrogens is 252 g/mol. The van der Waals surface area contributed by atoms with Gasteiger partial charge in [0.2, 0.25) is 0 Å². The molecule has 2 rings (SSSR count). The average molecular weight is 274 g/mol. The van der Waals surface area contributed by atoms with E-state index >= 15 is 0 Å². The molecule has 0 saturated heterocycles. The number of hydrogen-bond donors (Lipinski definition) is 1. The lowest BCUT2D eigenvalue weighted by Crippen LogP contribution is -2.33. The van der Waals surface area contributed by atoms with Gasteiger partial charge in [-0.15, -0.1) is 0 Å². The van der Waals surface area contributed by atoms with Gasteiger partial charge in [-0.2, -0.15) is 0 Å². The van der Waals surface area contributed by atoms with Crippen molar-refractivity contribution in [2.45, 2.75) is 26.4 Å². The maximum absolute atomic E-state index is 11.9. The predicted molar refractivity (Wildman–Crippen MR) is 80.9 cm³/mol. The molecule has 2 heterocycles. The standard InChI is InChI=1S/C15H22N4O/c1-12(2)18(3)9-7-16-11-13-10-15(20)19-8-5-4-6-14(19)17-13/h4-6,8,10,12,16H,7,9,11H2,1-3H3. The summed E-state index contributed by atoms with van der Waals surface area (Å²) in [6, 6.07) is 7.69. The van der Waals surface area contributed by atoms with Crippen LogP contribution in [-0.2, 0) is 6.54 Å². The quantitative estimate of drug-likeness (QED) is 0.802. The maximum Gasteiger partial charge on any atom is 0.258 e. The van der Waals surface area contributed by atoms with Crippen molar-refractivity contribution >= 4 is 5.65 Å². The van der Waals surface area contributed by atoms with Crippen LogP contribution < -0.4 is 10.9 Å². The van der Waals surface area contributed by atoms with E-state index in [1.807, 2.05) is 18.2 Å². The van der Waals surface area contributed by atoms with E-state index in [4.69, 9.17) is 0 Å². The highest BCUT2D eigenvalue weighted by molar-refractivity contribution is 5.37. The van der Waals surface area contributed by atoms with Gasteiger partial charge >= 0.3 is 0 Å². The van der Waals surface area contributed by atoms with Gasteiger partial charge in [-0.05, 0) is 33.0 Å². The lowest BCUT2D eigenvalue weighted by Gasteiger charge is -2.20. The Morgan fingerprint density at radius 1 is 1.40 bits per heavy atom. The van der Waals surface area contributed by atoms with Crippen LogP contribution in [0.1, 0.15) is 19.5 Å². The molecule has 5 nitrogen and oxygen atoms in total. The SMILES string of the molecule is CC(C)N(C)CCNCc1cc(=O)n2ccccc2n1. The molecule has 0 bridgehead atoms. The summed E-state index contributed by atoms with van der Waals surface area (Å²) in [4.78, 5) is 18.7. The summed E-state index contributed by atoms with van der Waals surface area (Å²) in [6.07, 6.45) is 1.74. The lowest BCUT2D eigenvalue weighted by atomic mass is 10.3. The van der Waals surface area contributed by atoms with Crippen molar-refractivity contribution in [2.24, 2.45) is 0 Å². The number of nitrogens with zero attached hydrogens (tertiary/aromatic N) is 3. The molecule has 1 N–H and O–H groups in total. The number of aromatic nitrogens is 2. The largest absolute Gasteiger partial charge is 0.310 e. The Morgan fingerprint density at radius 3 is 2.95 bits per heavy atom. The van der Waals surface area contributed by atoms with Crippen LogP contribution in [0, 0.1) is 0 Å².